The summed E-state index contributed by atoms with van der Waals surface area (Å²) in [6.07, 6.45) is 4.07. The van der Waals surface area contributed by atoms with E-state index in [1.54, 1.807) is 36.3 Å². The van der Waals surface area contributed by atoms with Crippen LogP contribution in [0.15, 0.2) is 30.7 Å². The monoisotopic (exact) mass is 348 g/mol. The van der Waals surface area contributed by atoms with Gasteiger partial charge in [0, 0.05) is 26.0 Å². The number of carbonyl (C=O) groups is 1. The molecule has 0 aromatic carbocycles. The van der Waals surface area contributed by atoms with E-state index >= 15 is 0 Å². The number of ether oxygens (including phenoxy) is 2. The lowest BCUT2D eigenvalue weighted by Gasteiger charge is -2.18. The Labute approximate surface area is 144 Å². The molecule has 10 heteroatoms. The lowest BCUT2D eigenvalue weighted by Crippen LogP contribution is -2.34. The predicted molar refractivity (Wildman–Crippen MR) is 87.3 cm³/mol. The molecule has 10 nitrogen and oxygen atoms in total. The summed E-state index contributed by atoms with van der Waals surface area (Å²) < 4.78 is 12.0. The van der Waals surface area contributed by atoms with E-state index in [4.69, 9.17) is 9.47 Å². The molecular formula is C15H20N6O4. The average Bonchev–Trinajstić information content (AvgIpc) is 3.26. The average molecular weight is 348 g/mol. The summed E-state index contributed by atoms with van der Waals surface area (Å²) in [5.41, 5.74) is 0.460. The summed E-state index contributed by atoms with van der Waals surface area (Å²) >= 11 is 0. The molecule has 134 valence electrons. The molecule has 0 spiro atoms. The van der Waals surface area contributed by atoms with Gasteiger partial charge in [0.25, 0.3) is 0 Å². The number of pyridine rings is 1. The topological polar surface area (TPSA) is 115 Å². The van der Waals surface area contributed by atoms with Gasteiger partial charge in [0.15, 0.2) is 0 Å². The molecule has 3 rings (SSSR count). The fraction of sp³-hybridized carbons (Fsp3) is 0.467. The number of hydrogen-bond donors (Lipinski definition) is 2. The summed E-state index contributed by atoms with van der Waals surface area (Å²) in [6, 6.07) is 2.75. The van der Waals surface area contributed by atoms with Crippen LogP contribution in [0.2, 0.25) is 0 Å². The van der Waals surface area contributed by atoms with Gasteiger partial charge >= 0.3 is 6.03 Å². The zero-order valence-corrected chi connectivity index (χ0v) is 13.8. The molecule has 1 saturated heterocycles. The first-order valence-electron chi connectivity index (χ1n) is 7.85. The molecule has 1 aliphatic rings. The van der Waals surface area contributed by atoms with Crippen LogP contribution < -0.4 is 10.1 Å². The van der Waals surface area contributed by atoms with Crippen molar-refractivity contribution in [2.24, 2.45) is 0 Å². The van der Waals surface area contributed by atoms with E-state index < -0.39 is 6.10 Å². The summed E-state index contributed by atoms with van der Waals surface area (Å²) in [6.45, 7) is 1.28. The van der Waals surface area contributed by atoms with Crippen molar-refractivity contribution >= 4 is 11.7 Å². The minimum absolute atomic E-state index is 0.205. The van der Waals surface area contributed by atoms with Gasteiger partial charge in [0.2, 0.25) is 5.88 Å². The van der Waals surface area contributed by atoms with Crippen LogP contribution in [0.5, 0.6) is 5.88 Å². The van der Waals surface area contributed by atoms with Crippen LogP contribution in [0, 0.1) is 0 Å². The SMILES string of the molecule is COCCOc1ncccc1NC(=O)N1C[C@@H](O)[C@H](n2ccnn2)C1. The zero-order chi connectivity index (χ0) is 17.6. The Kier molecular flexibility index (Phi) is 5.41. The molecule has 1 fully saturated rings. The number of β-amino-alcohol motifs (C(OH)–C–C–N with tert-alkyl or cyclic N) is 1. The van der Waals surface area contributed by atoms with E-state index in [9.17, 15) is 9.90 Å². The maximum absolute atomic E-state index is 12.5. The Balaban J connectivity index is 1.63. The number of nitrogens with zero attached hydrogens (tertiary/aromatic N) is 5. The van der Waals surface area contributed by atoms with Crippen molar-refractivity contribution in [2.75, 3.05) is 38.7 Å². The maximum Gasteiger partial charge on any atom is 0.322 e. The van der Waals surface area contributed by atoms with Gasteiger partial charge in [-0.3, -0.25) is 0 Å². The third-order valence-electron chi connectivity index (χ3n) is 3.87. The number of carbonyl (C=O) groups excluding carboxylic acids is 1. The highest BCUT2D eigenvalue weighted by atomic mass is 16.5. The quantitative estimate of drug-likeness (QED) is 0.714. The van der Waals surface area contributed by atoms with Crippen LogP contribution in [-0.4, -0.2) is 75.5 Å². The number of hydrogen-bond acceptors (Lipinski definition) is 7. The first-order chi connectivity index (χ1) is 12.2. The van der Waals surface area contributed by atoms with Crippen molar-refractivity contribution in [3.05, 3.63) is 30.7 Å². The largest absolute Gasteiger partial charge is 0.474 e. The third-order valence-corrected chi connectivity index (χ3v) is 3.87. The molecule has 0 saturated carbocycles. The highest BCUT2D eigenvalue weighted by Crippen LogP contribution is 2.24. The minimum Gasteiger partial charge on any atom is -0.474 e. The second kappa shape index (κ2) is 7.90. The summed E-state index contributed by atoms with van der Waals surface area (Å²) in [5.74, 6) is 0.320. The van der Waals surface area contributed by atoms with Crippen LogP contribution in [0.25, 0.3) is 0 Å². The lowest BCUT2D eigenvalue weighted by molar-refractivity contribution is 0.139. The Morgan fingerprint density at radius 1 is 1.40 bits per heavy atom. The second-order valence-electron chi connectivity index (χ2n) is 5.55. The van der Waals surface area contributed by atoms with Gasteiger partial charge in [-0.2, -0.15) is 0 Å². The van der Waals surface area contributed by atoms with Crippen molar-refractivity contribution in [3.8, 4) is 5.88 Å². The fourth-order valence-corrected chi connectivity index (χ4v) is 2.61. The molecule has 25 heavy (non-hydrogen) atoms. The Morgan fingerprint density at radius 3 is 3.04 bits per heavy atom. The number of amides is 2. The van der Waals surface area contributed by atoms with Crippen LogP contribution >= 0.6 is 0 Å². The van der Waals surface area contributed by atoms with Crippen LogP contribution in [-0.2, 0) is 4.74 Å². The number of anilines is 1. The number of aliphatic hydroxyl groups is 1. The Morgan fingerprint density at radius 2 is 2.28 bits per heavy atom. The first-order valence-corrected chi connectivity index (χ1v) is 7.85. The van der Waals surface area contributed by atoms with E-state index in [0.717, 1.165) is 0 Å². The van der Waals surface area contributed by atoms with E-state index in [1.807, 2.05) is 0 Å². The van der Waals surface area contributed by atoms with Crippen molar-refractivity contribution in [2.45, 2.75) is 12.1 Å². The normalized spacial score (nSPS) is 19.8. The standard InChI is InChI=1S/C15H20N6O4/c1-24-7-8-25-14-11(3-2-4-16-14)18-15(23)20-9-12(13(22)10-20)21-6-5-17-19-21/h2-6,12-13,22H,7-10H2,1H3,(H,18,23)/t12-,13-/m1/s1. The van der Waals surface area contributed by atoms with Crippen molar-refractivity contribution in [1.29, 1.82) is 0 Å². The summed E-state index contributed by atoms with van der Waals surface area (Å²) in [5, 5.41) is 20.6. The predicted octanol–water partition coefficient (Wildman–Crippen LogP) is 0.148. The first kappa shape index (κ1) is 17.1. The number of urea groups is 1. The van der Waals surface area contributed by atoms with E-state index in [-0.39, 0.29) is 18.6 Å². The molecule has 2 N–H and O–H groups in total. The molecular weight excluding hydrogens is 328 g/mol. The highest BCUT2D eigenvalue weighted by molar-refractivity contribution is 5.90. The number of rotatable bonds is 6. The molecule has 0 unspecified atom stereocenters. The van der Waals surface area contributed by atoms with Gasteiger partial charge in [-0.15, -0.1) is 5.10 Å². The van der Waals surface area contributed by atoms with Gasteiger partial charge in [0.1, 0.15) is 12.3 Å². The van der Waals surface area contributed by atoms with E-state index in [2.05, 4.69) is 20.6 Å². The zero-order valence-electron chi connectivity index (χ0n) is 13.8. The fourth-order valence-electron chi connectivity index (χ4n) is 2.61. The van der Waals surface area contributed by atoms with E-state index in [0.29, 0.717) is 31.3 Å². The molecule has 0 radical (unpaired) electrons. The molecule has 0 bridgehead atoms. The minimum atomic E-state index is -0.709. The van der Waals surface area contributed by atoms with Crippen molar-refractivity contribution in [1.82, 2.24) is 24.9 Å². The van der Waals surface area contributed by atoms with E-state index in [1.165, 1.54) is 11.1 Å². The molecule has 2 aromatic rings. The summed E-state index contributed by atoms with van der Waals surface area (Å²) in [4.78, 5) is 18.1. The molecule has 2 amide bonds. The molecule has 2 aromatic heterocycles. The number of aromatic nitrogens is 4. The van der Waals surface area contributed by atoms with Gasteiger partial charge in [0.05, 0.1) is 31.5 Å². The maximum atomic E-state index is 12.5. The van der Waals surface area contributed by atoms with Gasteiger partial charge < -0.3 is 24.8 Å². The van der Waals surface area contributed by atoms with Crippen LogP contribution in [0.1, 0.15) is 6.04 Å². The van der Waals surface area contributed by atoms with Crippen molar-refractivity contribution in [3.63, 3.8) is 0 Å². The molecule has 0 aliphatic carbocycles. The molecule has 1 aliphatic heterocycles. The number of nitrogens with one attached hydrogen (secondary N) is 1. The number of aliphatic hydroxyl groups excluding tert-OH is 1. The van der Waals surface area contributed by atoms with Crippen LogP contribution in [0.3, 0.4) is 0 Å². The molecule has 3 heterocycles. The Bertz CT molecular complexity index is 695. The second-order valence-corrected chi connectivity index (χ2v) is 5.55. The van der Waals surface area contributed by atoms with Gasteiger partial charge in [-0.05, 0) is 12.1 Å². The lowest BCUT2D eigenvalue weighted by atomic mass is 10.2. The highest BCUT2D eigenvalue weighted by Gasteiger charge is 2.36. The smallest absolute Gasteiger partial charge is 0.322 e. The summed E-state index contributed by atoms with van der Waals surface area (Å²) in [7, 11) is 1.58. The number of likely N-dealkylation sites (tertiary alicyclic amines) is 1. The third kappa shape index (κ3) is 4.03. The van der Waals surface area contributed by atoms with Gasteiger partial charge in [-0.25, -0.2) is 14.5 Å². The van der Waals surface area contributed by atoms with Crippen LogP contribution in [0.4, 0.5) is 10.5 Å². The molecule has 2 atom stereocenters. The Hall–Kier alpha value is -2.72. The van der Waals surface area contributed by atoms with Crippen molar-refractivity contribution < 1.29 is 19.4 Å². The van der Waals surface area contributed by atoms with Gasteiger partial charge in [-0.1, -0.05) is 5.21 Å². The number of methoxy groups -OCH3 is 1.